The van der Waals surface area contributed by atoms with Crippen molar-refractivity contribution >= 4 is 6.03 Å². The zero-order valence-corrected chi connectivity index (χ0v) is 9.62. The molecular formula is C10H20N2O3. The van der Waals surface area contributed by atoms with Crippen molar-refractivity contribution in [2.24, 2.45) is 0 Å². The second-order valence-electron chi connectivity index (χ2n) is 4.33. The van der Waals surface area contributed by atoms with Crippen LogP contribution in [-0.2, 0) is 4.74 Å². The summed E-state index contributed by atoms with van der Waals surface area (Å²) in [5.41, 5.74) is -0.475. The zero-order chi connectivity index (χ0) is 11.5. The maximum Gasteiger partial charge on any atom is 0.318 e. The molecule has 1 aliphatic rings. The molecule has 0 spiro atoms. The van der Waals surface area contributed by atoms with Gasteiger partial charge < -0.3 is 20.1 Å². The van der Waals surface area contributed by atoms with E-state index in [0.29, 0.717) is 26.1 Å². The Morgan fingerprint density at radius 2 is 2.33 bits per heavy atom. The van der Waals surface area contributed by atoms with Crippen molar-refractivity contribution in [2.75, 3.05) is 26.8 Å². The van der Waals surface area contributed by atoms with Crippen molar-refractivity contribution in [3.05, 3.63) is 0 Å². The highest BCUT2D eigenvalue weighted by atomic mass is 16.5. The number of nitrogens with one attached hydrogen (secondary N) is 1. The smallest absolute Gasteiger partial charge is 0.318 e. The van der Waals surface area contributed by atoms with Crippen LogP contribution in [0.4, 0.5) is 4.79 Å². The maximum atomic E-state index is 11.7. The number of urea groups is 1. The largest absolute Gasteiger partial charge is 0.391 e. The van der Waals surface area contributed by atoms with E-state index >= 15 is 0 Å². The summed E-state index contributed by atoms with van der Waals surface area (Å²) in [5.74, 6) is 0. The molecule has 2 N–H and O–H groups in total. The average Bonchev–Trinajstić information content (AvgIpc) is 2.42. The van der Waals surface area contributed by atoms with Crippen molar-refractivity contribution in [2.45, 2.75) is 31.9 Å². The van der Waals surface area contributed by atoms with Crippen LogP contribution in [0.25, 0.3) is 0 Å². The van der Waals surface area contributed by atoms with Crippen LogP contribution in [-0.4, -0.2) is 54.5 Å². The molecule has 0 radical (unpaired) electrons. The Hall–Kier alpha value is -0.810. The maximum absolute atomic E-state index is 11.7. The molecule has 1 rings (SSSR count). The van der Waals surface area contributed by atoms with Crippen molar-refractivity contribution in [1.29, 1.82) is 0 Å². The van der Waals surface area contributed by atoms with Gasteiger partial charge in [-0.3, -0.25) is 0 Å². The minimum Gasteiger partial charge on any atom is -0.391 e. The summed E-state index contributed by atoms with van der Waals surface area (Å²) >= 11 is 0. The number of aliphatic hydroxyl groups is 1. The van der Waals surface area contributed by atoms with Gasteiger partial charge in [0.25, 0.3) is 0 Å². The van der Waals surface area contributed by atoms with E-state index < -0.39 is 11.6 Å². The highest BCUT2D eigenvalue weighted by molar-refractivity contribution is 5.75. The van der Waals surface area contributed by atoms with E-state index in [2.05, 4.69) is 5.32 Å². The van der Waals surface area contributed by atoms with Gasteiger partial charge in [0, 0.05) is 20.2 Å². The fourth-order valence-electron chi connectivity index (χ4n) is 1.79. The number of ether oxygens (including phenoxy) is 1. The predicted molar refractivity (Wildman–Crippen MR) is 56.7 cm³/mol. The molecule has 1 atom stereocenters. The fourth-order valence-corrected chi connectivity index (χ4v) is 1.79. The molecule has 0 aliphatic carbocycles. The normalized spacial score (nSPS) is 24.3. The third kappa shape index (κ3) is 2.60. The molecular weight excluding hydrogens is 196 g/mol. The van der Waals surface area contributed by atoms with Gasteiger partial charge in [-0.2, -0.15) is 0 Å². The van der Waals surface area contributed by atoms with Crippen LogP contribution in [0.3, 0.4) is 0 Å². The van der Waals surface area contributed by atoms with E-state index in [1.165, 1.54) is 0 Å². The van der Waals surface area contributed by atoms with Gasteiger partial charge in [-0.15, -0.1) is 0 Å². The second kappa shape index (κ2) is 4.81. The summed E-state index contributed by atoms with van der Waals surface area (Å²) in [5, 5.41) is 12.5. The third-order valence-electron chi connectivity index (χ3n) is 2.96. The van der Waals surface area contributed by atoms with Gasteiger partial charge in [-0.1, -0.05) is 0 Å². The van der Waals surface area contributed by atoms with Crippen molar-refractivity contribution in [1.82, 2.24) is 10.2 Å². The summed E-state index contributed by atoms with van der Waals surface area (Å²) in [6, 6.07) is -0.131. The molecule has 0 bridgehead atoms. The summed E-state index contributed by atoms with van der Waals surface area (Å²) < 4.78 is 4.85. The summed E-state index contributed by atoms with van der Waals surface area (Å²) in [7, 11) is 1.59. The lowest BCUT2D eigenvalue weighted by molar-refractivity contribution is 0.0691. The number of methoxy groups -OCH3 is 1. The van der Waals surface area contributed by atoms with Gasteiger partial charge >= 0.3 is 6.03 Å². The first-order valence-electron chi connectivity index (χ1n) is 5.22. The molecule has 2 amide bonds. The molecule has 15 heavy (non-hydrogen) atoms. The van der Waals surface area contributed by atoms with Gasteiger partial charge in [-0.05, 0) is 20.3 Å². The Morgan fingerprint density at radius 3 is 2.80 bits per heavy atom. The molecule has 1 heterocycles. The Morgan fingerprint density at radius 1 is 1.67 bits per heavy atom. The SMILES string of the molecule is COCCNC(=O)N1CCC(O)C1(C)C. The Labute approximate surface area is 90.4 Å². The van der Waals surface area contributed by atoms with E-state index in [4.69, 9.17) is 4.74 Å². The first-order valence-corrected chi connectivity index (χ1v) is 5.22. The highest BCUT2D eigenvalue weighted by Gasteiger charge is 2.42. The van der Waals surface area contributed by atoms with Crippen molar-refractivity contribution in [3.8, 4) is 0 Å². The monoisotopic (exact) mass is 216 g/mol. The molecule has 88 valence electrons. The lowest BCUT2D eigenvalue weighted by Crippen LogP contribution is -2.52. The lowest BCUT2D eigenvalue weighted by atomic mass is 9.99. The minimum atomic E-state index is -0.475. The second-order valence-corrected chi connectivity index (χ2v) is 4.33. The summed E-state index contributed by atoms with van der Waals surface area (Å²) in [6.45, 7) is 5.36. The lowest BCUT2D eigenvalue weighted by Gasteiger charge is -2.33. The number of nitrogens with zero attached hydrogens (tertiary/aromatic N) is 1. The molecule has 1 fully saturated rings. The molecule has 5 heteroatoms. The number of aliphatic hydroxyl groups excluding tert-OH is 1. The standard InChI is InChI=1S/C10H20N2O3/c1-10(2)8(13)4-6-12(10)9(14)11-5-7-15-3/h8,13H,4-7H2,1-3H3,(H,11,14). The number of hydrogen-bond acceptors (Lipinski definition) is 3. The molecule has 1 unspecified atom stereocenters. The van der Waals surface area contributed by atoms with E-state index in [1.54, 1.807) is 12.0 Å². The molecule has 0 saturated carbocycles. The van der Waals surface area contributed by atoms with Gasteiger partial charge in [-0.25, -0.2) is 4.79 Å². The van der Waals surface area contributed by atoms with E-state index in [1.807, 2.05) is 13.8 Å². The molecule has 1 saturated heterocycles. The molecule has 0 aromatic rings. The Balaban J connectivity index is 2.46. The Kier molecular flexibility index (Phi) is 3.93. The van der Waals surface area contributed by atoms with Gasteiger partial charge in [0.1, 0.15) is 0 Å². The van der Waals surface area contributed by atoms with Crippen LogP contribution < -0.4 is 5.32 Å². The van der Waals surface area contributed by atoms with E-state index in [0.717, 1.165) is 0 Å². The number of carbonyl (C=O) groups excluding carboxylic acids is 1. The average molecular weight is 216 g/mol. The summed E-state index contributed by atoms with van der Waals surface area (Å²) in [4.78, 5) is 13.4. The van der Waals surface area contributed by atoms with Gasteiger partial charge in [0.2, 0.25) is 0 Å². The van der Waals surface area contributed by atoms with Crippen LogP contribution in [0.5, 0.6) is 0 Å². The number of likely N-dealkylation sites (tertiary alicyclic amines) is 1. The van der Waals surface area contributed by atoms with Crippen molar-refractivity contribution < 1.29 is 14.6 Å². The quantitative estimate of drug-likeness (QED) is 0.662. The van der Waals surface area contributed by atoms with Crippen LogP contribution in [0.1, 0.15) is 20.3 Å². The van der Waals surface area contributed by atoms with Gasteiger partial charge in [0.05, 0.1) is 18.2 Å². The van der Waals surface area contributed by atoms with Gasteiger partial charge in [0.15, 0.2) is 0 Å². The fraction of sp³-hybridized carbons (Fsp3) is 0.900. The number of carbonyl (C=O) groups is 1. The third-order valence-corrected chi connectivity index (χ3v) is 2.96. The first kappa shape index (κ1) is 12.3. The van der Waals surface area contributed by atoms with Crippen LogP contribution in [0.2, 0.25) is 0 Å². The van der Waals surface area contributed by atoms with Crippen LogP contribution in [0, 0.1) is 0 Å². The van der Waals surface area contributed by atoms with Crippen LogP contribution in [0.15, 0.2) is 0 Å². The van der Waals surface area contributed by atoms with Crippen LogP contribution >= 0.6 is 0 Å². The Bertz CT molecular complexity index is 231. The topological polar surface area (TPSA) is 61.8 Å². The number of hydrogen-bond donors (Lipinski definition) is 2. The molecule has 0 aromatic carbocycles. The molecule has 0 aromatic heterocycles. The van der Waals surface area contributed by atoms with E-state index in [9.17, 15) is 9.90 Å². The minimum absolute atomic E-state index is 0.131. The van der Waals surface area contributed by atoms with Crippen molar-refractivity contribution in [3.63, 3.8) is 0 Å². The number of amides is 2. The van der Waals surface area contributed by atoms with E-state index in [-0.39, 0.29) is 6.03 Å². The predicted octanol–water partition coefficient (Wildman–Crippen LogP) is 0.188. The molecule has 1 aliphatic heterocycles. The first-order chi connectivity index (χ1) is 7.00. The molecule has 5 nitrogen and oxygen atoms in total. The highest BCUT2D eigenvalue weighted by Crippen LogP contribution is 2.28. The number of rotatable bonds is 3. The summed E-state index contributed by atoms with van der Waals surface area (Å²) in [6.07, 6.45) is 0.204. The zero-order valence-electron chi connectivity index (χ0n) is 9.62.